The minimum atomic E-state index is -4.47. The quantitative estimate of drug-likeness (QED) is 0.904. The van der Waals surface area contributed by atoms with Gasteiger partial charge in [0.25, 0.3) is 0 Å². The smallest absolute Gasteiger partial charge is 0.333 e. The van der Waals surface area contributed by atoms with E-state index in [9.17, 15) is 18.0 Å². The van der Waals surface area contributed by atoms with E-state index in [1.165, 1.54) is 7.05 Å². The van der Waals surface area contributed by atoms with Gasteiger partial charge in [0.05, 0.1) is 24.5 Å². The maximum Gasteiger partial charge on any atom is 0.433 e. The minimum absolute atomic E-state index is 0.100. The molecular formula is C14H16F3N5O. The third-order valence-corrected chi connectivity index (χ3v) is 3.05. The number of alkyl halides is 3. The predicted octanol–water partition coefficient (Wildman–Crippen LogP) is 2.14. The molecule has 0 saturated heterocycles. The van der Waals surface area contributed by atoms with Gasteiger partial charge in [0.1, 0.15) is 5.69 Å². The lowest BCUT2D eigenvalue weighted by Crippen LogP contribution is -2.34. The number of pyridine rings is 1. The van der Waals surface area contributed by atoms with Gasteiger partial charge in [0, 0.05) is 13.2 Å². The van der Waals surface area contributed by atoms with Crippen LogP contribution in [0.5, 0.6) is 0 Å². The van der Waals surface area contributed by atoms with Gasteiger partial charge in [-0.3, -0.25) is 9.67 Å². The Labute approximate surface area is 130 Å². The number of nitrogens with zero attached hydrogens (tertiary/aromatic N) is 3. The Morgan fingerprint density at radius 1 is 1.22 bits per heavy atom. The minimum Gasteiger partial charge on any atom is -0.333 e. The molecule has 23 heavy (non-hydrogen) atoms. The second-order valence-electron chi connectivity index (χ2n) is 5.01. The first-order valence-electron chi connectivity index (χ1n) is 6.79. The van der Waals surface area contributed by atoms with Crippen LogP contribution in [-0.4, -0.2) is 20.8 Å². The molecule has 9 heteroatoms. The topological polar surface area (TPSA) is 71.8 Å². The molecule has 2 rings (SSSR count). The third-order valence-electron chi connectivity index (χ3n) is 3.05. The number of aromatic nitrogens is 3. The van der Waals surface area contributed by atoms with Gasteiger partial charge in [-0.1, -0.05) is 6.07 Å². The number of hydrogen-bond donors (Lipinski definition) is 2. The van der Waals surface area contributed by atoms with E-state index in [-0.39, 0.29) is 18.8 Å². The van der Waals surface area contributed by atoms with E-state index >= 15 is 0 Å². The van der Waals surface area contributed by atoms with Gasteiger partial charge >= 0.3 is 12.2 Å². The molecule has 0 spiro atoms. The van der Waals surface area contributed by atoms with Crippen LogP contribution in [0.2, 0.25) is 0 Å². The maximum atomic E-state index is 12.6. The van der Waals surface area contributed by atoms with E-state index in [1.807, 2.05) is 13.0 Å². The molecule has 0 atom stereocenters. The molecule has 0 radical (unpaired) electrons. The summed E-state index contributed by atoms with van der Waals surface area (Å²) in [5, 5.41) is 8.74. The molecular weight excluding hydrogens is 311 g/mol. The second kappa shape index (κ2) is 6.67. The molecule has 0 unspecified atom stereocenters. The van der Waals surface area contributed by atoms with Crippen LogP contribution in [0.4, 0.5) is 18.0 Å². The van der Waals surface area contributed by atoms with E-state index < -0.39 is 17.9 Å². The lowest BCUT2D eigenvalue weighted by atomic mass is 10.3. The van der Waals surface area contributed by atoms with Gasteiger partial charge in [-0.15, -0.1) is 0 Å². The number of hydrogen-bond acceptors (Lipinski definition) is 3. The van der Waals surface area contributed by atoms with Crippen molar-refractivity contribution in [2.45, 2.75) is 26.2 Å². The highest BCUT2D eigenvalue weighted by molar-refractivity contribution is 5.73. The van der Waals surface area contributed by atoms with Gasteiger partial charge in [0.15, 0.2) is 0 Å². The van der Waals surface area contributed by atoms with Crippen molar-refractivity contribution in [1.29, 1.82) is 0 Å². The first-order chi connectivity index (χ1) is 10.8. The fourth-order valence-electron chi connectivity index (χ4n) is 1.89. The van der Waals surface area contributed by atoms with Crippen LogP contribution in [0.25, 0.3) is 0 Å². The Morgan fingerprint density at radius 3 is 2.39 bits per heavy atom. The van der Waals surface area contributed by atoms with Crippen molar-refractivity contribution in [3.8, 4) is 0 Å². The number of carbonyl (C=O) groups excluding carboxylic acids is 1. The number of nitrogens with one attached hydrogen (secondary N) is 2. The molecule has 2 aromatic rings. The van der Waals surface area contributed by atoms with E-state index in [2.05, 4.69) is 20.7 Å². The Morgan fingerprint density at radius 2 is 1.87 bits per heavy atom. The van der Waals surface area contributed by atoms with Gasteiger partial charge in [-0.2, -0.15) is 18.3 Å². The Bertz CT molecular complexity index is 679. The van der Waals surface area contributed by atoms with Crippen molar-refractivity contribution in [1.82, 2.24) is 25.4 Å². The molecule has 0 fully saturated rings. The number of rotatable bonds is 4. The summed E-state index contributed by atoms with van der Waals surface area (Å²) in [5.41, 5.74) is 0.957. The summed E-state index contributed by atoms with van der Waals surface area (Å²) in [5.74, 6) is 0. The first kappa shape index (κ1) is 16.8. The lowest BCUT2D eigenvalue weighted by molar-refractivity contribution is -0.143. The molecule has 0 aromatic carbocycles. The molecule has 0 aliphatic heterocycles. The van der Waals surface area contributed by atoms with Crippen LogP contribution in [0.3, 0.4) is 0 Å². The molecule has 2 aromatic heterocycles. The average Bonchev–Trinajstić information content (AvgIpc) is 2.86. The summed E-state index contributed by atoms with van der Waals surface area (Å²) >= 11 is 0. The van der Waals surface area contributed by atoms with Crippen molar-refractivity contribution in [3.63, 3.8) is 0 Å². The Balaban J connectivity index is 1.84. The van der Waals surface area contributed by atoms with Gasteiger partial charge in [0.2, 0.25) is 0 Å². The highest BCUT2D eigenvalue weighted by Gasteiger charge is 2.34. The standard InChI is InChI=1S/C14H16F3N5O/c1-9-3-4-10(18-6-9)7-19-13(23)20-8-11-5-12(14(15,16)17)22(2)21-11/h3-6H,7-8H2,1-2H3,(H2,19,20,23). The monoisotopic (exact) mass is 327 g/mol. The lowest BCUT2D eigenvalue weighted by Gasteiger charge is -2.06. The van der Waals surface area contributed by atoms with Crippen molar-refractivity contribution < 1.29 is 18.0 Å². The predicted molar refractivity (Wildman–Crippen MR) is 76.3 cm³/mol. The van der Waals surface area contributed by atoms with E-state index in [1.54, 1.807) is 12.3 Å². The highest BCUT2D eigenvalue weighted by Crippen LogP contribution is 2.29. The number of carbonyl (C=O) groups is 1. The summed E-state index contributed by atoms with van der Waals surface area (Å²) in [6.07, 6.45) is -2.79. The van der Waals surface area contributed by atoms with Crippen molar-refractivity contribution in [2.24, 2.45) is 7.05 Å². The van der Waals surface area contributed by atoms with Gasteiger partial charge < -0.3 is 10.6 Å². The Hall–Kier alpha value is -2.58. The molecule has 0 aliphatic carbocycles. The van der Waals surface area contributed by atoms with E-state index in [0.717, 1.165) is 16.3 Å². The molecule has 0 aliphatic rings. The maximum absolute atomic E-state index is 12.6. The third kappa shape index (κ3) is 4.70. The number of amides is 2. The first-order valence-corrected chi connectivity index (χ1v) is 6.79. The van der Waals surface area contributed by atoms with Gasteiger partial charge in [-0.05, 0) is 24.6 Å². The van der Waals surface area contributed by atoms with E-state index in [4.69, 9.17) is 0 Å². The second-order valence-corrected chi connectivity index (χ2v) is 5.01. The van der Waals surface area contributed by atoms with Gasteiger partial charge in [-0.25, -0.2) is 4.79 Å². The summed E-state index contributed by atoms with van der Waals surface area (Å²) < 4.78 is 38.6. The summed E-state index contributed by atoms with van der Waals surface area (Å²) in [7, 11) is 1.20. The SMILES string of the molecule is Cc1ccc(CNC(=O)NCc2cc(C(F)(F)F)n(C)n2)nc1. The molecule has 0 bridgehead atoms. The zero-order valence-corrected chi connectivity index (χ0v) is 12.6. The van der Waals surface area contributed by atoms with Crippen molar-refractivity contribution in [3.05, 3.63) is 47.0 Å². The van der Waals surface area contributed by atoms with Crippen LogP contribution < -0.4 is 10.6 Å². The Kier molecular flexibility index (Phi) is 4.87. The highest BCUT2D eigenvalue weighted by atomic mass is 19.4. The van der Waals surface area contributed by atoms with Crippen molar-refractivity contribution in [2.75, 3.05) is 0 Å². The number of urea groups is 1. The summed E-state index contributed by atoms with van der Waals surface area (Å²) in [6, 6.07) is 4.05. The average molecular weight is 327 g/mol. The molecule has 2 amide bonds. The van der Waals surface area contributed by atoms with Crippen LogP contribution in [0.1, 0.15) is 22.6 Å². The molecule has 6 nitrogen and oxygen atoms in total. The molecule has 2 heterocycles. The fourth-order valence-corrected chi connectivity index (χ4v) is 1.89. The van der Waals surface area contributed by atoms with Crippen LogP contribution in [0, 0.1) is 6.92 Å². The molecule has 124 valence electrons. The molecule has 2 N–H and O–H groups in total. The van der Waals surface area contributed by atoms with E-state index in [0.29, 0.717) is 5.69 Å². The zero-order chi connectivity index (χ0) is 17.0. The summed E-state index contributed by atoms with van der Waals surface area (Å²) in [6.45, 7) is 2.03. The fraction of sp³-hybridized carbons (Fsp3) is 0.357. The van der Waals surface area contributed by atoms with Crippen LogP contribution in [0.15, 0.2) is 24.4 Å². The number of aryl methyl sites for hydroxylation is 2. The zero-order valence-electron chi connectivity index (χ0n) is 12.6. The normalized spacial score (nSPS) is 11.3. The molecule has 0 saturated carbocycles. The summed E-state index contributed by atoms with van der Waals surface area (Å²) in [4.78, 5) is 15.8. The van der Waals surface area contributed by atoms with Crippen LogP contribution in [-0.2, 0) is 26.3 Å². The van der Waals surface area contributed by atoms with Crippen LogP contribution >= 0.6 is 0 Å². The largest absolute Gasteiger partial charge is 0.433 e. The van der Waals surface area contributed by atoms with Crippen molar-refractivity contribution >= 4 is 6.03 Å². The number of halogens is 3.